The summed E-state index contributed by atoms with van der Waals surface area (Å²) in [5.74, 6) is -2.68. The first-order valence-electron chi connectivity index (χ1n) is 16.0. The van der Waals surface area contributed by atoms with Gasteiger partial charge in [0.2, 0.25) is 17.7 Å². The number of aryl methyl sites for hydroxylation is 2. The van der Waals surface area contributed by atoms with E-state index in [2.05, 4.69) is 10.6 Å². The number of amides is 4. The molecule has 256 valence electrons. The van der Waals surface area contributed by atoms with E-state index in [1.807, 2.05) is 63.2 Å². The number of esters is 1. The van der Waals surface area contributed by atoms with Crippen molar-refractivity contribution < 1.29 is 33.4 Å². The SMILES string of the molecule is Cc1ccc(C(C(=O)NC(Cc2ccccc2)C(=O)OC(C)(C)C)N(C(=O)C(CC(N)=O)NC(=O)OC(C)(C)C)C2CC2C)cc1C. The number of benzene rings is 2. The van der Waals surface area contributed by atoms with Gasteiger partial charge in [0.25, 0.3) is 0 Å². The molecule has 2 aromatic rings. The molecule has 0 spiro atoms. The van der Waals surface area contributed by atoms with Crippen molar-refractivity contribution in [2.24, 2.45) is 11.7 Å². The van der Waals surface area contributed by atoms with Crippen molar-refractivity contribution in [3.8, 4) is 0 Å². The molecular weight excluding hydrogens is 600 g/mol. The molecule has 1 fully saturated rings. The summed E-state index contributed by atoms with van der Waals surface area (Å²) in [6.45, 7) is 16.0. The second-order valence-electron chi connectivity index (χ2n) is 14.4. The van der Waals surface area contributed by atoms with Gasteiger partial charge in [-0.05, 0) is 90.0 Å². The fourth-order valence-electron chi connectivity index (χ4n) is 5.24. The topological polar surface area (TPSA) is 157 Å². The van der Waals surface area contributed by atoms with Crippen molar-refractivity contribution in [1.29, 1.82) is 0 Å². The monoisotopic (exact) mass is 650 g/mol. The Morgan fingerprint density at radius 3 is 1.98 bits per heavy atom. The molecule has 0 radical (unpaired) electrons. The van der Waals surface area contributed by atoms with Gasteiger partial charge in [-0.3, -0.25) is 14.4 Å². The molecule has 1 aliphatic rings. The third-order valence-electron chi connectivity index (χ3n) is 7.74. The average Bonchev–Trinajstić information content (AvgIpc) is 3.66. The van der Waals surface area contributed by atoms with Crippen molar-refractivity contribution in [1.82, 2.24) is 15.5 Å². The van der Waals surface area contributed by atoms with Crippen LogP contribution in [0.2, 0.25) is 0 Å². The lowest BCUT2D eigenvalue weighted by Gasteiger charge is -2.36. The lowest BCUT2D eigenvalue weighted by Crippen LogP contribution is -2.56. The largest absolute Gasteiger partial charge is 0.458 e. The highest BCUT2D eigenvalue weighted by atomic mass is 16.6. The molecule has 4 amide bonds. The van der Waals surface area contributed by atoms with Crippen molar-refractivity contribution in [3.05, 3.63) is 70.8 Å². The summed E-state index contributed by atoms with van der Waals surface area (Å²) in [7, 11) is 0. The zero-order valence-electron chi connectivity index (χ0n) is 29.0. The fourth-order valence-corrected chi connectivity index (χ4v) is 5.24. The lowest BCUT2D eigenvalue weighted by molar-refractivity contribution is -0.159. The maximum atomic E-state index is 14.5. The molecule has 4 N–H and O–H groups in total. The second kappa shape index (κ2) is 15.0. The molecule has 0 heterocycles. The number of carbonyl (C=O) groups is 5. The normalized spacial score (nSPS) is 17.8. The Bertz CT molecular complexity index is 1460. The van der Waals surface area contributed by atoms with Crippen molar-refractivity contribution >= 4 is 29.8 Å². The molecule has 5 unspecified atom stereocenters. The summed E-state index contributed by atoms with van der Waals surface area (Å²) in [5, 5.41) is 5.40. The number of alkyl carbamates (subject to hydrolysis) is 1. The van der Waals surface area contributed by atoms with Crippen LogP contribution in [-0.2, 0) is 35.1 Å². The van der Waals surface area contributed by atoms with Crippen LogP contribution >= 0.6 is 0 Å². The van der Waals surface area contributed by atoms with E-state index < -0.39 is 65.5 Å². The number of rotatable bonds is 12. The van der Waals surface area contributed by atoms with Crippen LogP contribution in [0.15, 0.2) is 48.5 Å². The minimum atomic E-state index is -1.40. The molecule has 2 aromatic carbocycles. The summed E-state index contributed by atoms with van der Waals surface area (Å²) >= 11 is 0. The second-order valence-corrected chi connectivity index (χ2v) is 14.4. The van der Waals surface area contributed by atoms with E-state index in [0.29, 0.717) is 12.0 Å². The smallest absolute Gasteiger partial charge is 0.408 e. The zero-order valence-corrected chi connectivity index (χ0v) is 29.0. The molecule has 1 aliphatic carbocycles. The van der Waals surface area contributed by atoms with Crippen molar-refractivity contribution in [2.45, 2.75) is 117 Å². The van der Waals surface area contributed by atoms with E-state index in [9.17, 15) is 24.0 Å². The minimum Gasteiger partial charge on any atom is -0.458 e. The molecule has 47 heavy (non-hydrogen) atoms. The number of carbonyl (C=O) groups excluding carboxylic acids is 5. The third-order valence-corrected chi connectivity index (χ3v) is 7.74. The number of nitrogens with two attached hydrogens (primary N) is 1. The number of nitrogens with zero attached hydrogens (tertiary/aromatic N) is 1. The van der Waals surface area contributed by atoms with E-state index in [1.54, 1.807) is 47.6 Å². The van der Waals surface area contributed by atoms with Gasteiger partial charge in [0.05, 0.1) is 6.42 Å². The van der Waals surface area contributed by atoms with E-state index in [0.717, 1.165) is 16.7 Å². The van der Waals surface area contributed by atoms with Gasteiger partial charge in [0, 0.05) is 12.5 Å². The van der Waals surface area contributed by atoms with Gasteiger partial charge in [-0.25, -0.2) is 9.59 Å². The maximum absolute atomic E-state index is 14.5. The van der Waals surface area contributed by atoms with Gasteiger partial charge in [-0.1, -0.05) is 55.5 Å². The first-order chi connectivity index (χ1) is 21.8. The van der Waals surface area contributed by atoms with Crippen LogP contribution < -0.4 is 16.4 Å². The quantitative estimate of drug-likeness (QED) is 0.287. The molecular formula is C36H50N4O7. The first kappa shape index (κ1) is 37.1. The summed E-state index contributed by atoms with van der Waals surface area (Å²) in [6, 6.07) is 10.6. The zero-order chi connectivity index (χ0) is 35.3. The Kier molecular flexibility index (Phi) is 11.8. The summed E-state index contributed by atoms with van der Waals surface area (Å²) < 4.78 is 11.1. The Morgan fingerprint density at radius 2 is 1.47 bits per heavy atom. The van der Waals surface area contributed by atoms with E-state index >= 15 is 0 Å². The molecule has 1 saturated carbocycles. The van der Waals surface area contributed by atoms with Crippen LogP contribution in [-0.4, -0.2) is 64.0 Å². The lowest BCUT2D eigenvalue weighted by atomic mass is 9.97. The van der Waals surface area contributed by atoms with Crippen molar-refractivity contribution in [3.63, 3.8) is 0 Å². The van der Waals surface area contributed by atoms with Crippen LogP contribution in [0.4, 0.5) is 4.79 Å². The number of nitrogens with one attached hydrogen (secondary N) is 2. The van der Waals surface area contributed by atoms with Gasteiger partial charge in [-0.2, -0.15) is 0 Å². The van der Waals surface area contributed by atoms with E-state index in [-0.39, 0.29) is 18.4 Å². The van der Waals surface area contributed by atoms with Gasteiger partial charge in [-0.15, -0.1) is 0 Å². The number of ether oxygens (including phenoxy) is 2. The molecule has 3 rings (SSSR count). The fraction of sp³-hybridized carbons (Fsp3) is 0.528. The van der Waals surface area contributed by atoms with Gasteiger partial charge >= 0.3 is 12.1 Å². The predicted molar refractivity (Wildman–Crippen MR) is 178 cm³/mol. The minimum absolute atomic E-state index is 0.0301. The Balaban J connectivity index is 2.10. The summed E-state index contributed by atoms with van der Waals surface area (Å²) in [6.07, 6.45) is -0.665. The van der Waals surface area contributed by atoms with E-state index in [1.165, 1.54) is 4.90 Å². The molecule has 0 aliphatic heterocycles. The van der Waals surface area contributed by atoms with Crippen LogP contribution in [0.5, 0.6) is 0 Å². The Hall–Kier alpha value is -4.41. The highest BCUT2D eigenvalue weighted by Gasteiger charge is 2.49. The molecule has 0 bridgehead atoms. The average molecular weight is 651 g/mol. The molecule has 11 heteroatoms. The highest BCUT2D eigenvalue weighted by Crippen LogP contribution is 2.41. The third kappa shape index (κ3) is 11.1. The first-order valence-corrected chi connectivity index (χ1v) is 16.0. The Morgan fingerprint density at radius 1 is 0.872 bits per heavy atom. The number of hydrogen-bond donors (Lipinski definition) is 3. The van der Waals surface area contributed by atoms with Gasteiger partial charge < -0.3 is 30.7 Å². The van der Waals surface area contributed by atoms with Crippen molar-refractivity contribution in [2.75, 3.05) is 0 Å². The van der Waals surface area contributed by atoms with Gasteiger partial charge in [0.1, 0.15) is 29.3 Å². The van der Waals surface area contributed by atoms with Crippen LogP contribution in [0, 0.1) is 19.8 Å². The van der Waals surface area contributed by atoms with Gasteiger partial charge in [0.15, 0.2) is 0 Å². The predicted octanol–water partition coefficient (Wildman–Crippen LogP) is 4.42. The number of primary amides is 1. The van der Waals surface area contributed by atoms with Crippen LogP contribution in [0.3, 0.4) is 0 Å². The molecule has 0 saturated heterocycles. The summed E-state index contributed by atoms with van der Waals surface area (Å²) in [5.41, 5.74) is 7.04. The van der Waals surface area contributed by atoms with Crippen LogP contribution in [0.25, 0.3) is 0 Å². The molecule has 0 aromatic heterocycles. The Labute approximate surface area is 277 Å². The summed E-state index contributed by atoms with van der Waals surface area (Å²) in [4.78, 5) is 68.9. The highest BCUT2D eigenvalue weighted by molar-refractivity contribution is 5.96. The maximum Gasteiger partial charge on any atom is 0.408 e. The molecule has 5 atom stereocenters. The molecule has 11 nitrogen and oxygen atoms in total. The van der Waals surface area contributed by atoms with Crippen LogP contribution in [0.1, 0.15) is 89.6 Å². The van der Waals surface area contributed by atoms with E-state index in [4.69, 9.17) is 15.2 Å². The standard InChI is InChI=1S/C36H50N4O7/c1-21-15-16-25(17-22(21)2)30(31(42)38-27(33(44)46-35(4,5)6)19-24-13-11-10-12-14-24)40(28-18-23(28)3)32(43)26(20-29(37)41)39-34(45)47-36(7,8)9/h10-17,23,26-28,30H,18-20H2,1-9H3,(H2,37,41)(H,38,42)(H,39,45). The number of hydrogen-bond acceptors (Lipinski definition) is 7.